The molecule has 0 aliphatic carbocycles. The molecule has 0 atom stereocenters. The molecule has 0 unspecified atom stereocenters. The number of hydrogen-bond acceptors (Lipinski definition) is 5. The van der Waals surface area contributed by atoms with Crippen LogP contribution in [0.3, 0.4) is 0 Å². The van der Waals surface area contributed by atoms with Crippen LogP contribution < -0.4 is 15.5 Å². The molecule has 1 amide bonds. The summed E-state index contributed by atoms with van der Waals surface area (Å²) in [5, 5.41) is 24.1. The van der Waals surface area contributed by atoms with E-state index >= 15 is 0 Å². The number of hydrogen-bond donors (Lipinski definition) is 1. The molecule has 2 aromatic carbocycles. The fourth-order valence-corrected chi connectivity index (χ4v) is 1.78. The number of carboxylic acid groups (broad SMARTS) is 2. The van der Waals surface area contributed by atoms with Crippen LogP contribution in [0.2, 0.25) is 0 Å². The zero-order valence-corrected chi connectivity index (χ0v) is 10.7. The topological polar surface area (TPSA) is 109 Å². The molecule has 0 heterocycles. The van der Waals surface area contributed by atoms with Crippen molar-refractivity contribution < 1.29 is 24.6 Å². The molecule has 2 rings (SSSR count). The summed E-state index contributed by atoms with van der Waals surface area (Å²) in [5.41, 5.74) is -0.196. The fourth-order valence-electron chi connectivity index (χ4n) is 1.78. The summed E-state index contributed by atoms with van der Waals surface area (Å²) in [6.07, 6.45) is 0. The van der Waals surface area contributed by atoms with Gasteiger partial charge in [0.05, 0.1) is 11.9 Å². The molecule has 2 aromatic rings. The first-order chi connectivity index (χ1) is 9.99. The van der Waals surface area contributed by atoms with Crippen LogP contribution >= 0.6 is 0 Å². The van der Waals surface area contributed by atoms with Gasteiger partial charge in [0.2, 0.25) is 0 Å². The van der Waals surface area contributed by atoms with Crippen molar-refractivity contribution in [2.45, 2.75) is 0 Å². The van der Waals surface area contributed by atoms with Gasteiger partial charge in [-0.3, -0.25) is 4.79 Å². The Balaban J connectivity index is 2.28. The third-order valence-electron chi connectivity index (χ3n) is 2.75. The molecule has 0 saturated carbocycles. The summed E-state index contributed by atoms with van der Waals surface area (Å²) >= 11 is 0. The molecule has 0 aromatic heterocycles. The fraction of sp³-hybridized carbons (Fsp3) is 0. The number of benzene rings is 2. The van der Waals surface area contributed by atoms with Crippen LogP contribution in [0.15, 0.2) is 48.5 Å². The molecule has 0 fully saturated rings. The van der Waals surface area contributed by atoms with Gasteiger partial charge in [0.15, 0.2) is 0 Å². The van der Waals surface area contributed by atoms with Gasteiger partial charge in [0.25, 0.3) is 5.91 Å². The largest absolute Gasteiger partial charge is 0.545 e. The van der Waals surface area contributed by atoms with E-state index in [0.717, 1.165) is 0 Å². The van der Waals surface area contributed by atoms with Gasteiger partial charge < -0.3 is 25.1 Å². The molecule has 0 bridgehead atoms. The number of rotatable bonds is 4. The van der Waals surface area contributed by atoms with Gasteiger partial charge in [-0.15, -0.1) is 0 Å². The normalized spacial score (nSPS) is 9.90. The van der Waals surface area contributed by atoms with E-state index in [1.807, 2.05) is 0 Å². The number of carbonyl (C=O) groups is 3. The quantitative estimate of drug-likeness (QED) is 0.826. The van der Waals surface area contributed by atoms with Gasteiger partial charge in [0.1, 0.15) is 0 Å². The van der Waals surface area contributed by atoms with Crippen molar-refractivity contribution in [2.24, 2.45) is 0 Å². The van der Waals surface area contributed by atoms with Crippen molar-refractivity contribution in [3.63, 3.8) is 0 Å². The van der Waals surface area contributed by atoms with E-state index in [1.54, 1.807) is 0 Å². The van der Waals surface area contributed by atoms with Crippen LogP contribution in [-0.2, 0) is 0 Å². The number of nitrogens with one attached hydrogen (secondary N) is 1. The molecule has 0 aliphatic rings. The van der Waals surface area contributed by atoms with Crippen molar-refractivity contribution in [3.8, 4) is 0 Å². The van der Waals surface area contributed by atoms with E-state index < -0.39 is 17.8 Å². The lowest BCUT2D eigenvalue weighted by molar-refractivity contribution is -0.256. The molecule has 6 nitrogen and oxygen atoms in total. The third kappa shape index (κ3) is 3.24. The molecular weight excluding hydrogens is 274 g/mol. The predicted molar refractivity (Wildman–Crippen MR) is 69.5 cm³/mol. The van der Waals surface area contributed by atoms with E-state index in [4.69, 9.17) is 0 Å². The van der Waals surface area contributed by atoms with Gasteiger partial charge >= 0.3 is 0 Å². The number of aromatic carboxylic acids is 2. The zero-order chi connectivity index (χ0) is 15.4. The second kappa shape index (κ2) is 5.87. The lowest BCUT2D eigenvalue weighted by atomic mass is 10.1. The number of anilines is 1. The summed E-state index contributed by atoms with van der Waals surface area (Å²) in [4.78, 5) is 33.7. The summed E-state index contributed by atoms with van der Waals surface area (Å²) in [6.45, 7) is 0. The van der Waals surface area contributed by atoms with Crippen molar-refractivity contribution >= 4 is 23.5 Å². The maximum Gasteiger partial charge on any atom is 0.256 e. The second-order valence-corrected chi connectivity index (χ2v) is 4.16. The maximum absolute atomic E-state index is 12.1. The lowest BCUT2D eigenvalue weighted by Crippen LogP contribution is -2.26. The smallest absolute Gasteiger partial charge is 0.256 e. The van der Waals surface area contributed by atoms with E-state index in [-0.39, 0.29) is 22.4 Å². The van der Waals surface area contributed by atoms with Crippen LogP contribution in [-0.4, -0.2) is 17.8 Å². The maximum atomic E-state index is 12.1. The molecule has 0 spiro atoms. The third-order valence-corrected chi connectivity index (χ3v) is 2.75. The molecule has 21 heavy (non-hydrogen) atoms. The summed E-state index contributed by atoms with van der Waals surface area (Å²) < 4.78 is 0. The minimum absolute atomic E-state index is 0.0728. The van der Waals surface area contributed by atoms with E-state index in [9.17, 15) is 24.6 Å². The average molecular weight is 283 g/mol. The first-order valence-electron chi connectivity index (χ1n) is 5.92. The lowest BCUT2D eigenvalue weighted by Gasteiger charge is -2.11. The van der Waals surface area contributed by atoms with Crippen LogP contribution in [0, 0.1) is 0 Å². The van der Waals surface area contributed by atoms with Crippen LogP contribution in [0.1, 0.15) is 31.1 Å². The standard InChI is InChI=1S/C15H11NO5/c17-13(11-6-1-2-7-12(11)15(20)21)16-10-5-3-4-9(8-10)14(18)19/h1-8H,(H,16,17)(H,18,19)(H,20,21)/p-2. The Morgan fingerprint density at radius 1 is 0.810 bits per heavy atom. The highest BCUT2D eigenvalue weighted by atomic mass is 16.4. The Morgan fingerprint density at radius 2 is 1.48 bits per heavy atom. The Labute approximate surface area is 119 Å². The number of amides is 1. The predicted octanol–water partition coefficient (Wildman–Crippen LogP) is -0.334. The molecule has 0 saturated heterocycles. The summed E-state index contributed by atoms with van der Waals surface area (Å²) in [6, 6.07) is 11.0. The Kier molecular flexibility index (Phi) is 3.99. The first-order valence-corrected chi connectivity index (χ1v) is 5.92. The minimum Gasteiger partial charge on any atom is -0.545 e. The van der Waals surface area contributed by atoms with Crippen LogP contribution in [0.25, 0.3) is 0 Å². The molecular formula is C15H9NO5-2. The molecule has 0 radical (unpaired) electrons. The van der Waals surface area contributed by atoms with E-state index in [1.165, 1.54) is 48.5 Å². The highest BCUT2D eigenvalue weighted by Gasteiger charge is 2.11. The van der Waals surface area contributed by atoms with Gasteiger partial charge in [-0.2, -0.15) is 0 Å². The van der Waals surface area contributed by atoms with Crippen molar-refractivity contribution in [1.82, 2.24) is 0 Å². The van der Waals surface area contributed by atoms with Crippen LogP contribution in [0.5, 0.6) is 0 Å². The molecule has 6 heteroatoms. The second-order valence-electron chi connectivity index (χ2n) is 4.16. The van der Waals surface area contributed by atoms with Crippen LogP contribution in [0.4, 0.5) is 5.69 Å². The Morgan fingerprint density at radius 3 is 2.10 bits per heavy atom. The Bertz CT molecular complexity index is 724. The van der Waals surface area contributed by atoms with Crippen molar-refractivity contribution in [3.05, 3.63) is 65.2 Å². The van der Waals surface area contributed by atoms with Gasteiger partial charge in [-0.25, -0.2) is 0 Å². The number of carboxylic acids is 2. The monoisotopic (exact) mass is 283 g/mol. The Hall–Kier alpha value is -3.15. The molecule has 0 aliphatic heterocycles. The van der Waals surface area contributed by atoms with E-state index in [2.05, 4.69) is 5.32 Å². The highest BCUT2D eigenvalue weighted by molar-refractivity contribution is 6.10. The van der Waals surface area contributed by atoms with Crippen molar-refractivity contribution in [1.29, 1.82) is 0 Å². The highest BCUT2D eigenvalue weighted by Crippen LogP contribution is 2.14. The molecule has 1 N–H and O–H groups in total. The van der Waals surface area contributed by atoms with Gasteiger partial charge in [-0.05, 0) is 23.8 Å². The first kappa shape index (κ1) is 14.3. The minimum atomic E-state index is -1.47. The van der Waals surface area contributed by atoms with Gasteiger partial charge in [-0.1, -0.05) is 30.3 Å². The SMILES string of the molecule is O=C([O-])c1cccc(NC(=O)c2ccccc2C(=O)[O-])c1. The zero-order valence-electron chi connectivity index (χ0n) is 10.7. The average Bonchev–Trinajstić information content (AvgIpc) is 2.47. The summed E-state index contributed by atoms with van der Waals surface area (Å²) in [5.74, 6) is -3.52. The number of carbonyl (C=O) groups excluding carboxylic acids is 3. The summed E-state index contributed by atoms with van der Waals surface area (Å²) in [7, 11) is 0. The molecule has 106 valence electrons. The van der Waals surface area contributed by atoms with Gasteiger partial charge in [0, 0.05) is 16.8 Å². The van der Waals surface area contributed by atoms with Crippen molar-refractivity contribution in [2.75, 3.05) is 5.32 Å². The van der Waals surface area contributed by atoms with E-state index in [0.29, 0.717) is 0 Å².